The van der Waals surface area contributed by atoms with Crippen LogP contribution in [0, 0.1) is 0 Å². The summed E-state index contributed by atoms with van der Waals surface area (Å²) in [5.41, 5.74) is 1.24. The van der Waals surface area contributed by atoms with Crippen LogP contribution in [-0.2, 0) is 4.79 Å². The lowest BCUT2D eigenvalue weighted by atomic mass is 10.2. The number of methoxy groups -OCH3 is 2. The minimum atomic E-state index is -0.117. The number of rotatable bonds is 4. The van der Waals surface area contributed by atoms with Crippen molar-refractivity contribution in [2.45, 2.75) is 6.42 Å². The Morgan fingerprint density at radius 3 is 2.67 bits per heavy atom. The van der Waals surface area contributed by atoms with E-state index >= 15 is 0 Å². The lowest BCUT2D eigenvalue weighted by Crippen LogP contribution is -2.19. The fourth-order valence-electron chi connectivity index (χ4n) is 2.17. The highest BCUT2D eigenvalue weighted by Gasteiger charge is 2.28. The van der Waals surface area contributed by atoms with Crippen LogP contribution in [0.25, 0.3) is 0 Å². The van der Waals surface area contributed by atoms with E-state index in [1.807, 2.05) is 0 Å². The Bertz CT molecular complexity index is 692. The second-order valence-electron chi connectivity index (χ2n) is 4.45. The maximum atomic E-state index is 12.1. The van der Waals surface area contributed by atoms with Crippen molar-refractivity contribution in [3.63, 3.8) is 0 Å². The summed E-state index contributed by atoms with van der Waals surface area (Å²) in [7, 11) is 3.11. The van der Waals surface area contributed by atoms with Gasteiger partial charge in [0, 0.05) is 6.07 Å². The molecule has 0 spiro atoms. The standard InChI is InChI=1S/C15H14N2O4/c1-19-13-6-5-10(8-14(13)20-2)17-15(18)9-11(16-17)12-4-3-7-21-12/h3-8H,9H2,1-2H3. The summed E-state index contributed by atoms with van der Waals surface area (Å²) in [6, 6.07) is 8.76. The van der Waals surface area contributed by atoms with E-state index < -0.39 is 0 Å². The van der Waals surface area contributed by atoms with Crippen molar-refractivity contribution < 1.29 is 18.7 Å². The van der Waals surface area contributed by atoms with Gasteiger partial charge in [0.25, 0.3) is 5.91 Å². The second-order valence-corrected chi connectivity index (χ2v) is 4.45. The van der Waals surface area contributed by atoms with Crippen molar-refractivity contribution in [2.24, 2.45) is 5.10 Å². The molecule has 1 amide bonds. The molecule has 0 unspecified atom stereocenters. The third kappa shape index (κ3) is 2.35. The minimum absolute atomic E-state index is 0.117. The fourth-order valence-corrected chi connectivity index (χ4v) is 2.17. The van der Waals surface area contributed by atoms with Gasteiger partial charge in [-0.3, -0.25) is 4.79 Å². The number of carbonyl (C=O) groups excluding carboxylic acids is 1. The maximum Gasteiger partial charge on any atom is 0.253 e. The Morgan fingerprint density at radius 2 is 2.00 bits per heavy atom. The monoisotopic (exact) mass is 286 g/mol. The number of nitrogens with zero attached hydrogens (tertiary/aromatic N) is 2. The molecule has 2 aromatic rings. The zero-order valence-corrected chi connectivity index (χ0v) is 11.7. The lowest BCUT2D eigenvalue weighted by molar-refractivity contribution is -0.116. The molecular weight excluding hydrogens is 272 g/mol. The van der Waals surface area contributed by atoms with Crippen LogP contribution < -0.4 is 14.5 Å². The highest BCUT2D eigenvalue weighted by Crippen LogP contribution is 2.33. The van der Waals surface area contributed by atoms with Crippen LogP contribution >= 0.6 is 0 Å². The Kier molecular flexibility index (Phi) is 3.35. The zero-order valence-electron chi connectivity index (χ0n) is 11.7. The van der Waals surface area contributed by atoms with Crippen molar-refractivity contribution in [2.75, 3.05) is 19.2 Å². The van der Waals surface area contributed by atoms with Crippen LogP contribution in [0.2, 0.25) is 0 Å². The van der Waals surface area contributed by atoms with Gasteiger partial charge in [-0.05, 0) is 24.3 Å². The van der Waals surface area contributed by atoms with Crippen LogP contribution in [0.5, 0.6) is 11.5 Å². The van der Waals surface area contributed by atoms with E-state index in [1.54, 1.807) is 50.8 Å². The van der Waals surface area contributed by atoms with Crippen LogP contribution in [0.3, 0.4) is 0 Å². The molecule has 0 saturated carbocycles. The molecule has 0 atom stereocenters. The van der Waals surface area contributed by atoms with Crippen LogP contribution in [0.1, 0.15) is 12.2 Å². The predicted octanol–water partition coefficient (Wildman–Crippen LogP) is 2.44. The first-order valence-electron chi connectivity index (χ1n) is 6.39. The Labute approximate surface area is 121 Å². The van der Waals surface area contributed by atoms with E-state index in [4.69, 9.17) is 13.9 Å². The van der Waals surface area contributed by atoms with Gasteiger partial charge >= 0.3 is 0 Å². The smallest absolute Gasteiger partial charge is 0.253 e. The Hall–Kier alpha value is -2.76. The first kappa shape index (κ1) is 13.2. The number of anilines is 1. The molecule has 3 rings (SSSR count). The number of furan rings is 1. The molecule has 2 heterocycles. The van der Waals surface area contributed by atoms with Crippen LogP contribution in [0.15, 0.2) is 46.1 Å². The van der Waals surface area contributed by atoms with E-state index in [1.165, 1.54) is 5.01 Å². The molecular formula is C15H14N2O4. The molecule has 6 nitrogen and oxygen atoms in total. The van der Waals surface area contributed by atoms with Gasteiger partial charge in [-0.25, -0.2) is 0 Å². The lowest BCUT2D eigenvalue weighted by Gasteiger charge is -2.14. The van der Waals surface area contributed by atoms with Gasteiger partial charge in [0.05, 0.1) is 32.6 Å². The number of hydrazone groups is 1. The number of carbonyl (C=O) groups is 1. The highest BCUT2D eigenvalue weighted by molar-refractivity contribution is 6.18. The van der Waals surface area contributed by atoms with Gasteiger partial charge in [0.2, 0.25) is 0 Å². The zero-order chi connectivity index (χ0) is 14.8. The van der Waals surface area contributed by atoms with E-state index in [9.17, 15) is 4.79 Å². The summed E-state index contributed by atoms with van der Waals surface area (Å²) in [6.07, 6.45) is 1.77. The predicted molar refractivity (Wildman–Crippen MR) is 76.9 cm³/mol. The molecule has 1 aromatic heterocycles. The normalized spacial score (nSPS) is 14.3. The first-order valence-corrected chi connectivity index (χ1v) is 6.39. The molecule has 1 aliphatic rings. The van der Waals surface area contributed by atoms with Gasteiger partial charge < -0.3 is 13.9 Å². The van der Waals surface area contributed by atoms with Crippen molar-refractivity contribution in [1.82, 2.24) is 0 Å². The van der Waals surface area contributed by atoms with Gasteiger partial charge in [-0.15, -0.1) is 0 Å². The number of hydrogen-bond acceptors (Lipinski definition) is 5. The average Bonchev–Trinajstić information content (AvgIpc) is 3.15. The van der Waals surface area contributed by atoms with E-state index in [0.29, 0.717) is 28.7 Å². The fraction of sp³-hybridized carbons (Fsp3) is 0.200. The van der Waals surface area contributed by atoms with Gasteiger partial charge in [-0.2, -0.15) is 10.1 Å². The molecule has 6 heteroatoms. The van der Waals surface area contributed by atoms with Gasteiger partial charge in [-0.1, -0.05) is 0 Å². The molecule has 0 radical (unpaired) electrons. The first-order chi connectivity index (χ1) is 10.2. The highest BCUT2D eigenvalue weighted by atomic mass is 16.5. The summed E-state index contributed by atoms with van der Waals surface area (Å²) >= 11 is 0. The summed E-state index contributed by atoms with van der Waals surface area (Å²) in [6.45, 7) is 0. The summed E-state index contributed by atoms with van der Waals surface area (Å²) < 4.78 is 15.7. The molecule has 0 aliphatic carbocycles. The van der Waals surface area contributed by atoms with Crippen LogP contribution in [0.4, 0.5) is 5.69 Å². The molecule has 1 aromatic carbocycles. The summed E-state index contributed by atoms with van der Waals surface area (Å²) in [4.78, 5) is 12.1. The molecule has 0 saturated heterocycles. The van der Waals surface area contributed by atoms with E-state index in [-0.39, 0.29) is 12.3 Å². The third-order valence-corrected chi connectivity index (χ3v) is 3.19. The Morgan fingerprint density at radius 1 is 1.19 bits per heavy atom. The van der Waals surface area contributed by atoms with Crippen LogP contribution in [-0.4, -0.2) is 25.8 Å². The number of ether oxygens (including phenoxy) is 2. The SMILES string of the molecule is COc1ccc(N2N=C(c3ccco3)CC2=O)cc1OC. The summed E-state index contributed by atoms with van der Waals surface area (Å²) in [5, 5.41) is 5.67. The average molecular weight is 286 g/mol. The molecule has 21 heavy (non-hydrogen) atoms. The van der Waals surface area contributed by atoms with Crippen molar-refractivity contribution in [3.8, 4) is 11.5 Å². The number of hydrogen-bond donors (Lipinski definition) is 0. The summed E-state index contributed by atoms with van der Waals surface area (Å²) in [5.74, 6) is 1.63. The van der Waals surface area contributed by atoms with Crippen molar-refractivity contribution in [3.05, 3.63) is 42.4 Å². The van der Waals surface area contributed by atoms with E-state index in [0.717, 1.165) is 0 Å². The van der Waals surface area contributed by atoms with Gasteiger partial charge in [0.15, 0.2) is 11.5 Å². The largest absolute Gasteiger partial charge is 0.493 e. The maximum absolute atomic E-state index is 12.1. The van der Waals surface area contributed by atoms with Gasteiger partial charge in [0.1, 0.15) is 11.5 Å². The minimum Gasteiger partial charge on any atom is -0.493 e. The van der Waals surface area contributed by atoms with Crippen molar-refractivity contribution >= 4 is 17.3 Å². The molecule has 0 N–H and O–H groups in total. The Balaban J connectivity index is 1.95. The second kappa shape index (κ2) is 5.32. The number of amides is 1. The third-order valence-electron chi connectivity index (χ3n) is 3.19. The molecule has 108 valence electrons. The van der Waals surface area contributed by atoms with E-state index in [2.05, 4.69) is 5.10 Å². The molecule has 0 fully saturated rings. The molecule has 1 aliphatic heterocycles. The molecule has 0 bridgehead atoms. The number of benzene rings is 1. The quantitative estimate of drug-likeness (QED) is 0.866. The van der Waals surface area contributed by atoms with Crippen molar-refractivity contribution in [1.29, 1.82) is 0 Å². The topological polar surface area (TPSA) is 64.3 Å².